The number of carbonyl (C=O) groups is 2. The Hall–Kier alpha value is -7.66. The second-order valence-electron chi connectivity index (χ2n) is 22.6. The molecule has 4 aromatic carbocycles. The number of hydrogen-bond donors (Lipinski definition) is 3. The molecule has 19 heteroatoms. The van der Waals surface area contributed by atoms with Crippen LogP contribution in [0.4, 0.5) is 14.6 Å². The number of amides is 2. The van der Waals surface area contributed by atoms with Crippen LogP contribution in [0.5, 0.6) is 17.5 Å². The Labute approximate surface area is 492 Å². The third kappa shape index (κ3) is 12.9. The van der Waals surface area contributed by atoms with Crippen molar-refractivity contribution in [1.82, 2.24) is 45.5 Å². The number of aromatic hydroxyl groups is 1. The Morgan fingerprint density at radius 1 is 1.00 bits per heavy atom. The molecule has 3 aromatic heterocycles. The van der Waals surface area contributed by atoms with E-state index in [2.05, 4.69) is 48.6 Å². The molecule has 0 radical (unpaired) electrons. The van der Waals surface area contributed by atoms with Gasteiger partial charge in [-0.1, -0.05) is 99.3 Å². The normalized spacial score (nSPS) is 19.2. The van der Waals surface area contributed by atoms with Gasteiger partial charge in [-0.05, 0) is 115 Å². The Bertz CT molecular complexity index is 3580. The first-order valence-corrected chi connectivity index (χ1v) is 29.8. The van der Waals surface area contributed by atoms with Gasteiger partial charge in [-0.25, -0.2) is 13.5 Å². The number of halogens is 2. The van der Waals surface area contributed by atoms with Gasteiger partial charge in [-0.2, -0.15) is 9.97 Å². The molecule has 4 saturated heterocycles. The molecule has 84 heavy (non-hydrogen) atoms. The van der Waals surface area contributed by atoms with Crippen LogP contribution in [0.25, 0.3) is 49.8 Å². The zero-order chi connectivity index (χ0) is 59.2. The number of allylic oxidation sites excluding steroid dienone is 5. The first-order valence-electron chi connectivity index (χ1n) is 29.3. The number of anilines is 1. The minimum Gasteiger partial charge on any atom is -0.508 e. The van der Waals surface area contributed by atoms with Gasteiger partial charge in [-0.15, -0.1) is 14.3 Å². The van der Waals surface area contributed by atoms with Crippen LogP contribution in [0, 0.1) is 11.7 Å². The van der Waals surface area contributed by atoms with Crippen LogP contribution in [0.15, 0.2) is 115 Å². The molecule has 3 N–H and O–H groups in total. The van der Waals surface area contributed by atoms with Gasteiger partial charge in [0.15, 0.2) is 5.75 Å². The van der Waals surface area contributed by atoms with Crippen molar-refractivity contribution in [3.63, 3.8) is 0 Å². The average molecular weight is 1160 g/mol. The second kappa shape index (κ2) is 26.5. The number of aryl methyl sites for hydroxylation is 1. The number of carbonyl (C=O) groups excluding carboxylic acids is 2. The summed E-state index contributed by atoms with van der Waals surface area (Å²) in [5, 5.41) is 29.2. The van der Waals surface area contributed by atoms with E-state index in [9.17, 15) is 19.1 Å². The Morgan fingerprint density at radius 3 is 2.39 bits per heavy atom. The monoisotopic (exact) mass is 1160 g/mol. The van der Waals surface area contributed by atoms with Crippen molar-refractivity contribution in [1.29, 1.82) is 0 Å². The van der Waals surface area contributed by atoms with E-state index in [4.69, 9.17) is 29.2 Å². The largest absolute Gasteiger partial charge is 0.508 e. The van der Waals surface area contributed by atoms with Crippen LogP contribution >= 0.6 is 9.24 Å². The number of fused-ring (bicyclic) bond motifs is 4. The van der Waals surface area contributed by atoms with Crippen molar-refractivity contribution < 1.29 is 37.7 Å². The van der Waals surface area contributed by atoms with Gasteiger partial charge in [0.05, 0.1) is 30.8 Å². The number of piperazine rings is 1. The molecular weight excluding hydrogens is 1090 g/mol. The summed E-state index contributed by atoms with van der Waals surface area (Å²) in [6.07, 6.45) is 13.3. The molecule has 6 atom stereocenters. The highest BCUT2D eigenvalue weighted by molar-refractivity contribution is 7.23. The highest BCUT2D eigenvalue weighted by Gasteiger charge is 2.36. The van der Waals surface area contributed by atoms with Gasteiger partial charge in [0, 0.05) is 73.5 Å². The first kappa shape index (κ1) is 59.5. The van der Waals surface area contributed by atoms with Crippen molar-refractivity contribution >= 4 is 54.6 Å². The van der Waals surface area contributed by atoms with Gasteiger partial charge in [0.25, 0.3) is 0 Å². The summed E-state index contributed by atoms with van der Waals surface area (Å²) in [5.74, 6) is 0.619. The van der Waals surface area contributed by atoms with E-state index in [0.29, 0.717) is 99.0 Å². The minimum atomic E-state index is -0.444. The number of ether oxygens (including phenoxy) is 3. The van der Waals surface area contributed by atoms with E-state index in [0.717, 1.165) is 86.2 Å². The lowest BCUT2D eigenvalue weighted by Gasteiger charge is -2.34. The molecule has 4 aliphatic rings. The van der Waals surface area contributed by atoms with Crippen molar-refractivity contribution in [3.8, 4) is 40.0 Å². The fourth-order valence-corrected chi connectivity index (χ4v) is 12.3. The molecule has 2 amide bonds. The predicted octanol–water partition coefficient (Wildman–Crippen LogP) is 11.9. The molecule has 16 nitrogen and oxygen atoms in total. The molecule has 4 aliphatic heterocycles. The number of likely N-dealkylation sites (tertiary alicyclic amines) is 1. The number of phenols is 1. The van der Waals surface area contributed by atoms with Gasteiger partial charge < -0.3 is 39.8 Å². The highest BCUT2D eigenvalue weighted by atomic mass is 31.0. The number of phenolic OH excluding ortho intramolecular Hbond substituents is 1. The summed E-state index contributed by atoms with van der Waals surface area (Å²) in [7, 11) is 2.49. The molecule has 4 fully saturated rings. The molecule has 11 rings (SSSR count). The van der Waals surface area contributed by atoms with E-state index in [-0.39, 0.29) is 60.0 Å². The van der Waals surface area contributed by atoms with Crippen LogP contribution < -0.4 is 25.0 Å². The van der Waals surface area contributed by atoms with Gasteiger partial charge in [0.1, 0.15) is 58.9 Å². The molecule has 0 saturated carbocycles. The molecule has 440 valence electrons. The van der Waals surface area contributed by atoms with Gasteiger partial charge in [-0.3, -0.25) is 14.6 Å². The van der Waals surface area contributed by atoms with E-state index in [1.165, 1.54) is 12.1 Å². The molecule has 0 aliphatic carbocycles. The van der Waals surface area contributed by atoms with Crippen LogP contribution in [-0.4, -0.2) is 109 Å². The lowest BCUT2D eigenvalue weighted by molar-refractivity contribution is -0.137. The Balaban J connectivity index is 0.000000335. The maximum Gasteiger partial charge on any atom is 0.319 e. The molecule has 6 unspecified atom stereocenters. The minimum absolute atomic E-state index is 0.0226. The first-order chi connectivity index (χ1) is 40.7. The van der Waals surface area contributed by atoms with Crippen LogP contribution in [-0.2, 0) is 27.4 Å². The quantitative estimate of drug-likeness (QED) is 0.0420. The van der Waals surface area contributed by atoms with Crippen molar-refractivity contribution in [3.05, 3.63) is 143 Å². The number of hydrogen-bond acceptors (Lipinski definition) is 13. The zero-order valence-corrected chi connectivity index (χ0v) is 49.8. The molecule has 0 spiro atoms. The lowest BCUT2D eigenvalue weighted by atomic mass is 9.94. The van der Waals surface area contributed by atoms with Crippen molar-refractivity contribution in [2.45, 2.75) is 129 Å². The van der Waals surface area contributed by atoms with E-state index in [1.54, 1.807) is 42.1 Å². The Morgan fingerprint density at radius 2 is 1.74 bits per heavy atom. The maximum absolute atomic E-state index is 15.6. The standard InChI is InChI=1S/C49H56FN9O5.C16H19FNOP/c1-5-37-40(50)15-12-32-21-35(60)22-38(42(32)37)43-46(44-39(23-51-43)47(57-24-33-13-14-34(25-57)52-33)54-49(53-44)64-36-16-19-62-20-17-36)63-27-30-8-10-31(11-9-30)41-26-59(56-55-41)45(28(2)3)48(61)58-18-6-7-29(58)4;1-4-14(17)16(15(20)5-2)13-8-6-12(7-9-13)11(3)18-10-19/h8-12,15,21-23,26,28-29,33-34,36,45,52,60H,5-7,13-14,16-20,24-25,27H2,1-4H3;4-11H,2,20H2,1,3H3,(H,18,19)/b;14-4+,16-15+. The second-order valence-corrected chi connectivity index (χ2v) is 23.2. The summed E-state index contributed by atoms with van der Waals surface area (Å²) >= 11 is 0. The van der Waals surface area contributed by atoms with E-state index >= 15 is 4.39 Å². The molecule has 7 heterocycles. The van der Waals surface area contributed by atoms with Crippen LogP contribution in [0.1, 0.15) is 114 Å². The van der Waals surface area contributed by atoms with Crippen molar-refractivity contribution in [2.24, 2.45) is 5.92 Å². The molecule has 2 bridgehead atoms. The number of rotatable bonds is 18. The summed E-state index contributed by atoms with van der Waals surface area (Å²) in [4.78, 5) is 43.7. The summed E-state index contributed by atoms with van der Waals surface area (Å²) in [6, 6.07) is 22.4. The molecular formula is C65H75F2N10O6P. The van der Waals surface area contributed by atoms with E-state index in [1.807, 2.05) is 87.3 Å². The Kier molecular flexibility index (Phi) is 18.8. The zero-order valence-electron chi connectivity index (χ0n) is 48.7. The number of aromatic nitrogens is 6. The third-order valence-corrected chi connectivity index (χ3v) is 17.1. The predicted molar refractivity (Wildman–Crippen MR) is 328 cm³/mol. The summed E-state index contributed by atoms with van der Waals surface area (Å²) in [5.41, 5.74) is 6.61. The average Bonchev–Trinajstić information content (AvgIpc) is 1.32. The van der Waals surface area contributed by atoms with E-state index < -0.39 is 6.04 Å². The third-order valence-electron chi connectivity index (χ3n) is 16.5. The molecule has 7 aromatic rings. The number of benzene rings is 4. The smallest absolute Gasteiger partial charge is 0.319 e. The maximum atomic E-state index is 15.6. The van der Waals surface area contributed by atoms with Gasteiger partial charge >= 0.3 is 6.01 Å². The van der Waals surface area contributed by atoms with Crippen molar-refractivity contribution in [2.75, 3.05) is 37.7 Å². The summed E-state index contributed by atoms with van der Waals surface area (Å²) in [6.45, 7) is 19.0. The fraction of sp³-hybridized carbons (Fsp3) is 0.400. The fourth-order valence-electron chi connectivity index (χ4n) is 12.0. The summed E-state index contributed by atoms with van der Waals surface area (Å²) < 4.78 is 50.4. The van der Waals surface area contributed by atoms with Crippen LogP contribution in [0.3, 0.4) is 0 Å². The van der Waals surface area contributed by atoms with Crippen LogP contribution in [0.2, 0.25) is 0 Å². The van der Waals surface area contributed by atoms with Gasteiger partial charge in [0.2, 0.25) is 12.3 Å². The lowest BCUT2D eigenvalue weighted by Crippen LogP contribution is -2.51. The SMILES string of the molecule is C=C/C(P)=C(\C(F)=C/C)c1ccc(C(C)NC=O)cc1.CCc1c(F)ccc2cc(O)cc(-c3ncc4c(N5CC6CCC(C5)N6)nc(OC5CCOCC5)nc4c3OCc3ccc(-c4cn(C(C(=O)N5CCCC5C)C(C)C)nn4)cc3)c12. The number of nitrogens with zero attached hydrogens (tertiary/aromatic N) is 8. The highest BCUT2D eigenvalue weighted by Crippen LogP contribution is 2.44. The number of nitrogens with one attached hydrogen (secondary N) is 2. The number of pyridine rings is 1. The topological polar surface area (TPSA) is 182 Å².